The van der Waals surface area contributed by atoms with Crippen LogP contribution < -0.4 is 9.64 Å². The van der Waals surface area contributed by atoms with Gasteiger partial charge in [0.2, 0.25) is 11.9 Å². The molecule has 8 nitrogen and oxygen atoms in total. The van der Waals surface area contributed by atoms with Crippen molar-refractivity contribution in [3.8, 4) is 6.01 Å². The van der Waals surface area contributed by atoms with E-state index in [4.69, 9.17) is 4.74 Å². The van der Waals surface area contributed by atoms with Gasteiger partial charge in [0.15, 0.2) is 0 Å². The number of ether oxygens (including phenoxy) is 2. The SMILES string of the molecule is COC(=O)C1CC(=O)N(c2nc(C)nc(OC)n2)C1. The Morgan fingerprint density at radius 2 is 2.05 bits per heavy atom. The van der Waals surface area contributed by atoms with Crippen LogP contribution in [0.1, 0.15) is 12.2 Å². The van der Waals surface area contributed by atoms with E-state index in [0.29, 0.717) is 5.82 Å². The summed E-state index contributed by atoms with van der Waals surface area (Å²) in [6, 6.07) is 0.136. The maximum Gasteiger partial charge on any atom is 0.321 e. The predicted octanol–water partition coefficient (Wildman–Crippen LogP) is -0.285. The molecule has 8 heteroatoms. The Bertz CT molecular complexity index is 519. The van der Waals surface area contributed by atoms with Gasteiger partial charge in [-0.25, -0.2) is 0 Å². The summed E-state index contributed by atoms with van der Waals surface area (Å²) < 4.78 is 9.57. The quantitative estimate of drug-likeness (QED) is 0.694. The van der Waals surface area contributed by atoms with Crippen molar-refractivity contribution in [3.05, 3.63) is 5.82 Å². The molecular formula is C11H14N4O4. The number of carbonyl (C=O) groups excluding carboxylic acids is 2. The average molecular weight is 266 g/mol. The number of aryl methyl sites for hydroxylation is 1. The Labute approximate surface area is 109 Å². The summed E-state index contributed by atoms with van der Waals surface area (Å²) in [4.78, 5) is 36.7. The van der Waals surface area contributed by atoms with Gasteiger partial charge in [-0.2, -0.15) is 15.0 Å². The van der Waals surface area contributed by atoms with Crippen molar-refractivity contribution in [2.75, 3.05) is 25.7 Å². The van der Waals surface area contributed by atoms with Crippen molar-refractivity contribution in [2.24, 2.45) is 5.92 Å². The molecule has 0 aliphatic carbocycles. The molecule has 1 atom stereocenters. The molecular weight excluding hydrogens is 252 g/mol. The van der Waals surface area contributed by atoms with Crippen LogP contribution in [-0.2, 0) is 14.3 Å². The zero-order valence-electron chi connectivity index (χ0n) is 10.9. The number of carbonyl (C=O) groups is 2. The number of rotatable bonds is 3. The molecule has 0 saturated carbocycles. The molecule has 1 fully saturated rings. The van der Waals surface area contributed by atoms with E-state index in [1.54, 1.807) is 6.92 Å². The maximum absolute atomic E-state index is 11.9. The normalized spacial score (nSPS) is 18.6. The summed E-state index contributed by atoms with van der Waals surface area (Å²) in [6.45, 7) is 1.88. The lowest BCUT2D eigenvalue weighted by Crippen LogP contribution is -2.28. The van der Waals surface area contributed by atoms with E-state index in [0.717, 1.165) is 0 Å². The van der Waals surface area contributed by atoms with Crippen molar-refractivity contribution in [1.29, 1.82) is 0 Å². The number of esters is 1. The van der Waals surface area contributed by atoms with Crippen LogP contribution in [0.15, 0.2) is 0 Å². The number of amides is 1. The van der Waals surface area contributed by atoms with Gasteiger partial charge in [0, 0.05) is 13.0 Å². The van der Waals surface area contributed by atoms with Crippen LogP contribution in [0, 0.1) is 12.8 Å². The molecule has 1 unspecified atom stereocenters. The summed E-state index contributed by atoms with van der Waals surface area (Å²) in [7, 11) is 2.73. The minimum Gasteiger partial charge on any atom is -0.469 e. The number of methoxy groups -OCH3 is 2. The first-order valence-corrected chi connectivity index (χ1v) is 5.70. The molecule has 1 saturated heterocycles. The topological polar surface area (TPSA) is 94.5 Å². The van der Waals surface area contributed by atoms with Crippen LogP contribution >= 0.6 is 0 Å². The first-order chi connectivity index (χ1) is 9.05. The van der Waals surface area contributed by atoms with E-state index in [2.05, 4.69) is 19.7 Å². The largest absolute Gasteiger partial charge is 0.469 e. The highest BCUT2D eigenvalue weighted by Gasteiger charge is 2.37. The van der Waals surface area contributed by atoms with E-state index >= 15 is 0 Å². The zero-order chi connectivity index (χ0) is 14.0. The minimum absolute atomic E-state index is 0.0969. The lowest BCUT2D eigenvalue weighted by atomic mass is 10.1. The Kier molecular flexibility index (Phi) is 3.59. The molecule has 1 aliphatic rings. The molecule has 1 aromatic rings. The molecule has 1 amide bonds. The van der Waals surface area contributed by atoms with Crippen LogP contribution in [0.4, 0.5) is 5.95 Å². The molecule has 0 N–H and O–H groups in total. The molecule has 2 rings (SSSR count). The van der Waals surface area contributed by atoms with Gasteiger partial charge in [0.05, 0.1) is 20.1 Å². The molecule has 1 aliphatic heterocycles. The van der Waals surface area contributed by atoms with E-state index in [1.807, 2.05) is 0 Å². The molecule has 0 spiro atoms. The second-order valence-corrected chi connectivity index (χ2v) is 4.10. The van der Waals surface area contributed by atoms with E-state index in [9.17, 15) is 9.59 Å². The van der Waals surface area contributed by atoms with E-state index in [-0.39, 0.29) is 30.8 Å². The Balaban J connectivity index is 2.25. The fraction of sp³-hybridized carbons (Fsp3) is 0.545. The Hall–Kier alpha value is -2.25. The van der Waals surface area contributed by atoms with Crippen molar-refractivity contribution >= 4 is 17.8 Å². The maximum atomic E-state index is 11.9. The van der Waals surface area contributed by atoms with Crippen LogP contribution in [0.2, 0.25) is 0 Å². The molecule has 0 aromatic carbocycles. The van der Waals surface area contributed by atoms with E-state index in [1.165, 1.54) is 19.1 Å². The number of hydrogen-bond acceptors (Lipinski definition) is 7. The number of hydrogen-bond donors (Lipinski definition) is 0. The molecule has 2 heterocycles. The van der Waals surface area contributed by atoms with Crippen LogP contribution in [0.25, 0.3) is 0 Å². The minimum atomic E-state index is -0.486. The number of anilines is 1. The summed E-state index contributed by atoms with van der Waals surface area (Å²) >= 11 is 0. The van der Waals surface area contributed by atoms with Crippen molar-refractivity contribution in [1.82, 2.24) is 15.0 Å². The zero-order valence-corrected chi connectivity index (χ0v) is 10.9. The van der Waals surface area contributed by atoms with Gasteiger partial charge in [-0.05, 0) is 6.92 Å². The fourth-order valence-corrected chi connectivity index (χ4v) is 1.88. The van der Waals surface area contributed by atoms with Gasteiger partial charge in [0.1, 0.15) is 5.82 Å². The number of aromatic nitrogens is 3. The Morgan fingerprint density at radius 3 is 2.68 bits per heavy atom. The van der Waals surface area contributed by atoms with Gasteiger partial charge < -0.3 is 9.47 Å². The fourth-order valence-electron chi connectivity index (χ4n) is 1.88. The van der Waals surface area contributed by atoms with Gasteiger partial charge in [-0.15, -0.1) is 0 Å². The second kappa shape index (κ2) is 5.17. The van der Waals surface area contributed by atoms with Gasteiger partial charge in [-0.1, -0.05) is 0 Å². The molecule has 1 aromatic heterocycles. The summed E-state index contributed by atoms with van der Waals surface area (Å²) in [5.41, 5.74) is 0. The monoisotopic (exact) mass is 266 g/mol. The van der Waals surface area contributed by atoms with E-state index < -0.39 is 11.9 Å². The van der Waals surface area contributed by atoms with Crippen molar-refractivity contribution in [2.45, 2.75) is 13.3 Å². The average Bonchev–Trinajstić information content (AvgIpc) is 2.79. The smallest absolute Gasteiger partial charge is 0.321 e. The predicted molar refractivity (Wildman–Crippen MR) is 63.6 cm³/mol. The highest BCUT2D eigenvalue weighted by Crippen LogP contribution is 2.23. The van der Waals surface area contributed by atoms with Crippen LogP contribution in [0.3, 0.4) is 0 Å². The molecule has 0 bridgehead atoms. The highest BCUT2D eigenvalue weighted by molar-refractivity contribution is 5.98. The van der Waals surface area contributed by atoms with Gasteiger partial charge in [0.25, 0.3) is 0 Å². The van der Waals surface area contributed by atoms with Gasteiger partial charge in [-0.3, -0.25) is 14.5 Å². The molecule has 0 radical (unpaired) electrons. The summed E-state index contributed by atoms with van der Waals surface area (Å²) in [5, 5.41) is 0. The highest BCUT2D eigenvalue weighted by atomic mass is 16.5. The second-order valence-electron chi connectivity index (χ2n) is 4.10. The Morgan fingerprint density at radius 1 is 1.32 bits per heavy atom. The third-order valence-corrected chi connectivity index (χ3v) is 2.80. The summed E-state index contributed by atoms with van der Waals surface area (Å²) in [6.07, 6.45) is 0.0969. The summed E-state index contributed by atoms with van der Waals surface area (Å²) in [5.74, 6) is -0.478. The first-order valence-electron chi connectivity index (χ1n) is 5.70. The number of nitrogens with zero attached hydrogens (tertiary/aromatic N) is 4. The van der Waals surface area contributed by atoms with Crippen molar-refractivity contribution < 1.29 is 19.1 Å². The van der Waals surface area contributed by atoms with Crippen molar-refractivity contribution in [3.63, 3.8) is 0 Å². The lowest BCUT2D eigenvalue weighted by molar-refractivity contribution is -0.145. The standard InChI is InChI=1S/C11H14N4O4/c1-6-12-10(14-11(13-6)19-3)15-5-7(4-8(15)16)9(17)18-2/h7H,4-5H2,1-3H3. The third kappa shape index (κ3) is 2.61. The first kappa shape index (κ1) is 13.2. The third-order valence-electron chi connectivity index (χ3n) is 2.80. The van der Waals surface area contributed by atoms with Crippen LogP contribution in [0.5, 0.6) is 6.01 Å². The molecule has 102 valence electrons. The lowest BCUT2D eigenvalue weighted by Gasteiger charge is -2.14. The van der Waals surface area contributed by atoms with Gasteiger partial charge >= 0.3 is 12.0 Å². The van der Waals surface area contributed by atoms with Crippen LogP contribution in [-0.4, -0.2) is 47.6 Å². The molecule has 19 heavy (non-hydrogen) atoms.